The van der Waals surface area contributed by atoms with Crippen LogP contribution in [0.5, 0.6) is 0 Å². The Kier molecular flexibility index (Phi) is 8.58. The Balaban J connectivity index is 1.00. The average molecular weight is 628 g/mol. The molecular weight excluding hydrogens is 581 g/mol. The molecule has 1 saturated carbocycles. The van der Waals surface area contributed by atoms with Crippen molar-refractivity contribution in [3.8, 4) is 0 Å². The molecule has 0 unspecified atom stereocenters. The Bertz CT molecular complexity index is 1350. The number of imide groups is 1. The van der Waals surface area contributed by atoms with Crippen molar-refractivity contribution < 1.29 is 33.0 Å². The van der Waals surface area contributed by atoms with Gasteiger partial charge in [0, 0.05) is 62.4 Å². The number of anilines is 1. The number of carbonyl (C=O) groups is 4. The fourth-order valence-corrected chi connectivity index (χ4v) is 7.61. The molecule has 1 aromatic carbocycles. The van der Waals surface area contributed by atoms with Gasteiger partial charge in [-0.05, 0) is 78.9 Å². The third-order valence-electron chi connectivity index (χ3n) is 10.0. The number of nitrogens with one attached hydrogen (secondary N) is 1. The van der Waals surface area contributed by atoms with E-state index in [1.807, 2.05) is 20.8 Å². The van der Waals surface area contributed by atoms with Gasteiger partial charge in [-0.25, -0.2) is 9.18 Å². The second-order valence-corrected chi connectivity index (χ2v) is 14.3. The van der Waals surface area contributed by atoms with E-state index in [0.29, 0.717) is 36.9 Å². The molecule has 3 saturated heterocycles. The fourth-order valence-electron chi connectivity index (χ4n) is 7.61. The molecule has 4 aliphatic heterocycles. The van der Waals surface area contributed by atoms with Crippen molar-refractivity contribution in [3.63, 3.8) is 0 Å². The number of piperazine rings is 1. The van der Waals surface area contributed by atoms with E-state index >= 15 is 4.39 Å². The molecule has 12 heteroatoms. The zero-order valence-electron chi connectivity index (χ0n) is 27.0. The molecule has 0 aromatic heterocycles. The van der Waals surface area contributed by atoms with Crippen molar-refractivity contribution in [2.24, 2.45) is 0 Å². The van der Waals surface area contributed by atoms with Crippen LogP contribution >= 0.6 is 0 Å². The summed E-state index contributed by atoms with van der Waals surface area (Å²) in [5.41, 5.74) is 0.603. The van der Waals surface area contributed by atoms with Crippen LogP contribution in [0.2, 0.25) is 0 Å². The number of hydrogen-bond donors (Lipinski definition) is 1. The molecule has 11 nitrogen and oxygen atoms in total. The molecule has 1 aliphatic carbocycles. The summed E-state index contributed by atoms with van der Waals surface area (Å²) in [4.78, 5) is 57.6. The molecular formula is C33H46FN5O6. The van der Waals surface area contributed by atoms with Crippen LogP contribution in [-0.2, 0) is 19.1 Å². The highest BCUT2D eigenvalue weighted by Crippen LogP contribution is 2.42. The molecule has 4 fully saturated rings. The first-order valence-corrected chi connectivity index (χ1v) is 16.4. The highest BCUT2D eigenvalue weighted by Gasteiger charge is 2.46. The predicted octanol–water partition coefficient (Wildman–Crippen LogP) is 3.61. The van der Waals surface area contributed by atoms with Gasteiger partial charge in [0.1, 0.15) is 11.6 Å². The molecule has 0 radical (unpaired) electrons. The van der Waals surface area contributed by atoms with Gasteiger partial charge in [-0.2, -0.15) is 0 Å². The summed E-state index contributed by atoms with van der Waals surface area (Å²) in [5.74, 6) is -1.63. The second-order valence-electron chi connectivity index (χ2n) is 14.3. The molecule has 4 heterocycles. The molecule has 45 heavy (non-hydrogen) atoms. The first-order valence-electron chi connectivity index (χ1n) is 16.4. The maximum Gasteiger partial charge on any atom is 0.410 e. The van der Waals surface area contributed by atoms with Crippen LogP contribution in [0.25, 0.3) is 0 Å². The van der Waals surface area contributed by atoms with Crippen molar-refractivity contribution in [2.75, 3.05) is 37.6 Å². The molecule has 246 valence electrons. The zero-order valence-corrected chi connectivity index (χ0v) is 27.0. The van der Waals surface area contributed by atoms with Crippen molar-refractivity contribution in [2.45, 2.75) is 115 Å². The number of benzene rings is 1. The summed E-state index contributed by atoms with van der Waals surface area (Å²) in [6.45, 7) is 13.1. The minimum Gasteiger partial charge on any atom is -0.444 e. The number of likely N-dealkylation sites (tertiary alicyclic amines) is 1. The van der Waals surface area contributed by atoms with E-state index in [4.69, 9.17) is 9.47 Å². The summed E-state index contributed by atoms with van der Waals surface area (Å²) in [5, 5.41) is 2.31. The number of ether oxygens (including phenoxy) is 2. The summed E-state index contributed by atoms with van der Waals surface area (Å²) in [7, 11) is 0. The Morgan fingerprint density at radius 2 is 1.69 bits per heavy atom. The second kappa shape index (κ2) is 12.2. The summed E-state index contributed by atoms with van der Waals surface area (Å²) < 4.78 is 28.1. The van der Waals surface area contributed by atoms with E-state index in [-0.39, 0.29) is 54.6 Å². The Morgan fingerprint density at radius 1 is 0.978 bits per heavy atom. The highest BCUT2D eigenvalue weighted by atomic mass is 19.1. The molecule has 5 aliphatic rings. The van der Waals surface area contributed by atoms with E-state index in [1.165, 1.54) is 4.90 Å². The zero-order chi connectivity index (χ0) is 32.2. The van der Waals surface area contributed by atoms with E-state index in [1.54, 1.807) is 24.0 Å². The molecule has 1 N–H and O–H groups in total. The number of rotatable bonds is 5. The largest absolute Gasteiger partial charge is 0.444 e. The minimum absolute atomic E-state index is 0.0714. The normalized spacial score (nSPS) is 29.9. The maximum atomic E-state index is 16.2. The average Bonchev–Trinajstić information content (AvgIpc) is 3.20. The maximum absolute atomic E-state index is 16.2. The monoisotopic (exact) mass is 627 g/mol. The first kappa shape index (κ1) is 31.7. The van der Waals surface area contributed by atoms with Crippen LogP contribution in [0.4, 0.5) is 14.9 Å². The molecule has 3 atom stereocenters. The fraction of sp³-hybridized carbons (Fsp3) is 0.697. The van der Waals surface area contributed by atoms with Gasteiger partial charge >= 0.3 is 6.09 Å². The van der Waals surface area contributed by atoms with Crippen LogP contribution < -0.4 is 10.2 Å². The smallest absolute Gasteiger partial charge is 0.410 e. The van der Waals surface area contributed by atoms with Gasteiger partial charge in [0.25, 0.3) is 5.91 Å². The number of hydrogen-bond acceptors (Lipinski definition) is 8. The standard InChI is InChI=1S/C33H46FN5O6/c1-19-18-37(21-16-23(17-21)44-22-10-12-36(13-11-22)32(43)45-33(3,4)5)14-15-38(19)25-7-6-24-28(29(25)34)20(2)39(31(24)42)26-8-9-27(40)35-30(26)41/h6-7,19-23,26H,8-18H2,1-5H3,(H,35,40,41)/t19-,20-,21?,23?,26-/m1/s1. The molecule has 6 rings (SSSR count). The van der Waals surface area contributed by atoms with Crippen LogP contribution in [0.15, 0.2) is 12.1 Å². The number of piperidine rings is 2. The lowest BCUT2D eigenvalue weighted by molar-refractivity contribution is -0.137. The molecule has 0 bridgehead atoms. The van der Waals surface area contributed by atoms with Gasteiger partial charge in [-0.15, -0.1) is 0 Å². The summed E-state index contributed by atoms with van der Waals surface area (Å²) >= 11 is 0. The topological polar surface area (TPSA) is 112 Å². The Morgan fingerprint density at radius 3 is 2.33 bits per heavy atom. The van der Waals surface area contributed by atoms with Gasteiger partial charge in [-0.3, -0.25) is 24.6 Å². The minimum atomic E-state index is -0.789. The Labute approximate surface area is 264 Å². The van der Waals surface area contributed by atoms with Gasteiger partial charge < -0.3 is 24.2 Å². The lowest BCUT2D eigenvalue weighted by Crippen LogP contribution is -2.59. The molecule has 1 aromatic rings. The highest BCUT2D eigenvalue weighted by molar-refractivity contribution is 6.06. The number of halogens is 1. The van der Waals surface area contributed by atoms with E-state index in [9.17, 15) is 19.2 Å². The number of amides is 4. The van der Waals surface area contributed by atoms with Gasteiger partial charge in [-0.1, -0.05) is 0 Å². The lowest BCUT2D eigenvalue weighted by Gasteiger charge is -2.49. The predicted molar refractivity (Wildman–Crippen MR) is 164 cm³/mol. The van der Waals surface area contributed by atoms with Crippen LogP contribution in [0.1, 0.15) is 95.1 Å². The van der Waals surface area contributed by atoms with Crippen molar-refractivity contribution in [1.82, 2.24) is 20.0 Å². The molecule has 4 amide bonds. The van der Waals surface area contributed by atoms with Crippen LogP contribution in [-0.4, -0.2) is 107 Å². The van der Waals surface area contributed by atoms with Crippen molar-refractivity contribution >= 4 is 29.5 Å². The summed E-state index contributed by atoms with van der Waals surface area (Å²) in [6, 6.07) is 2.49. The van der Waals surface area contributed by atoms with Gasteiger partial charge in [0.05, 0.1) is 23.9 Å². The Hall–Kier alpha value is -3.25. The van der Waals surface area contributed by atoms with Crippen LogP contribution in [0.3, 0.4) is 0 Å². The van der Waals surface area contributed by atoms with E-state index in [0.717, 1.165) is 38.8 Å². The van der Waals surface area contributed by atoms with E-state index < -0.39 is 29.4 Å². The van der Waals surface area contributed by atoms with Gasteiger partial charge in [0.2, 0.25) is 11.8 Å². The van der Waals surface area contributed by atoms with E-state index in [2.05, 4.69) is 22.0 Å². The quantitative estimate of drug-likeness (QED) is 0.493. The van der Waals surface area contributed by atoms with Crippen LogP contribution in [0, 0.1) is 5.82 Å². The molecule has 0 spiro atoms. The first-order chi connectivity index (χ1) is 21.3. The number of nitrogens with zero attached hydrogens (tertiary/aromatic N) is 4. The van der Waals surface area contributed by atoms with Gasteiger partial charge in [0.15, 0.2) is 5.82 Å². The SMILES string of the molecule is C[C@@H]1CN(C2CC(OC3CCN(C(=O)OC(C)(C)C)CC3)C2)CCN1c1ccc2c(c1F)[C@@H](C)N([C@@H]1CCC(=O)NC1=O)C2=O. The third-order valence-corrected chi connectivity index (χ3v) is 10.0. The summed E-state index contributed by atoms with van der Waals surface area (Å²) in [6.07, 6.45) is 4.11. The number of carbonyl (C=O) groups excluding carboxylic acids is 4. The lowest BCUT2D eigenvalue weighted by atomic mass is 9.86. The third kappa shape index (κ3) is 6.27. The van der Waals surface area contributed by atoms with Crippen molar-refractivity contribution in [1.29, 1.82) is 0 Å². The number of fused-ring (bicyclic) bond motifs is 1. The van der Waals surface area contributed by atoms with Crippen molar-refractivity contribution in [3.05, 3.63) is 29.1 Å².